The fraction of sp³-hybridized carbons (Fsp3) is 0.333. The Morgan fingerprint density at radius 2 is 1.83 bits per heavy atom. The van der Waals surface area contributed by atoms with Crippen LogP contribution < -0.4 is 15.4 Å². The highest BCUT2D eigenvalue weighted by molar-refractivity contribution is 9.10. The molecule has 2 aromatic carbocycles. The molecule has 8 heteroatoms. The maximum absolute atomic E-state index is 13.3. The summed E-state index contributed by atoms with van der Waals surface area (Å²) in [5.74, 6) is -0.331. The van der Waals surface area contributed by atoms with Crippen LogP contribution in [0.2, 0.25) is 0 Å². The zero-order valence-corrected chi connectivity index (χ0v) is 18.1. The van der Waals surface area contributed by atoms with Crippen LogP contribution in [0.4, 0.5) is 4.39 Å². The van der Waals surface area contributed by atoms with Crippen molar-refractivity contribution in [2.75, 3.05) is 33.8 Å². The van der Waals surface area contributed by atoms with Crippen LogP contribution in [0.3, 0.4) is 0 Å². The van der Waals surface area contributed by atoms with Gasteiger partial charge in [-0.1, -0.05) is 12.1 Å². The zero-order chi connectivity index (χ0) is 21.2. The molecule has 2 aromatic rings. The third-order valence-corrected chi connectivity index (χ3v) is 4.72. The molecular weight excluding hydrogens is 441 g/mol. The molecule has 6 nitrogen and oxygen atoms in total. The number of amides is 2. The Morgan fingerprint density at radius 3 is 2.52 bits per heavy atom. The second-order valence-corrected chi connectivity index (χ2v) is 7.56. The summed E-state index contributed by atoms with van der Waals surface area (Å²) in [6.07, 6.45) is 0.129. The monoisotopic (exact) mass is 465 g/mol. The molecule has 0 saturated heterocycles. The minimum atomic E-state index is -0.495. The van der Waals surface area contributed by atoms with Gasteiger partial charge in [0.1, 0.15) is 18.2 Å². The molecular formula is C21H25BrFN3O3. The van der Waals surface area contributed by atoms with Gasteiger partial charge in [0.05, 0.1) is 5.56 Å². The maximum atomic E-state index is 13.3. The Labute approximate surface area is 178 Å². The molecule has 0 spiro atoms. The van der Waals surface area contributed by atoms with Crippen LogP contribution >= 0.6 is 15.9 Å². The Hall–Kier alpha value is -2.45. The highest BCUT2D eigenvalue weighted by Crippen LogP contribution is 2.17. The molecule has 0 aliphatic rings. The Bertz CT molecular complexity index is 828. The maximum Gasteiger partial charge on any atom is 0.252 e. The first-order chi connectivity index (χ1) is 13.8. The van der Waals surface area contributed by atoms with Crippen molar-refractivity contribution in [3.05, 3.63) is 63.9 Å². The van der Waals surface area contributed by atoms with E-state index in [2.05, 4.69) is 26.6 Å². The minimum absolute atomic E-state index is 0.129. The topological polar surface area (TPSA) is 70.7 Å². The summed E-state index contributed by atoms with van der Waals surface area (Å²) in [6, 6.07) is 11.4. The molecule has 2 N–H and O–H groups in total. The fourth-order valence-corrected chi connectivity index (χ4v) is 2.82. The van der Waals surface area contributed by atoms with E-state index in [1.165, 1.54) is 12.1 Å². The molecule has 0 radical (unpaired) electrons. The van der Waals surface area contributed by atoms with E-state index in [0.717, 1.165) is 23.9 Å². The molecule has 0 bridgehead atoms. The lowest BCUT2D eigenvalue weighted by molar-refractivity contribution is -0.121. The van der Waals surface area contributed by atoms with Crippen LogP contribution in [0.25, 0.3) is 0 Å². The van der Waals surface area contributed by atoms with Crippen molar-refractivity contribution in [2.24, 2.45) is 0 Å². The molecule has 156 valence electrons. The highest BCUT2D eigenvalue weighted by atomic mass is 79.9. The number of hydrogen-bond donors (Lipinski definition) is 2. The second-order valence-electron chi connectivity index (χ2n) is 6.70. The predicted octanol–water partition coefficient (Wildman–Crippen LogP) is 2.96. The van der Waals surface area contributed by atoms with Gasteiger partial charge >= 0.3 is 0 Å². The normalized spacial score (nSPS) is 10.7. The van der Waals surface area contributed by atoms with Gasteiger partial charge in [-0.15, -0.1) is 0 Å². The number of benzene rings is 2. The van der Waals surface area contributed by atoms with Gasteiger partial charge in [0, 0.05) is 30.5 Å². The standard InChI is InChI=1S/C21H25BrFN3O3/c1-26(2)11-12-29-17-6-3-15(4-7-17)14-25-20(27)9-10-24-21(28)18-13-16(23)5-8-19(18)22/h3-8,13H,9-12,14H2,1-2H3,(H,24,28)(H,25,27). The SMILES string of the molecule is CN(C)CCOc1ccc(CNC(=O)CCNC(=O)c2cc(F)ccc2Br)cc1. The number of halogens is 2. The number of ether oxygens (including phenoxy) is 1. The molecule has 0 fully saturated rings. The molecule has 0 heterocycles. The van der Waals surface area contributed by atoms with Gasteiger partial charge in [0.2, 0.25) is 5.91 Å². The van der Waals surface area contributed by atoms with Gasteiger partial charge < -0.3 is 20.3 Å². The predicted molar refractivity (Wildman–Crippen MR) is 113 cm³/mol. The van der Waals surface area contributed by atoms with Gasteiger partial charge in [-0.25, -0.2) is 4.39 Å². The number of carbonyl (C=O) groups is 2. The minimum Gasteiger partial charge on any atom is -0.492 e. The van der Waals surface area contributed by atoms with Gasteiger partial charge in [0.25, 0.3) is 5.91 Å². The summed E-state index contributed by atoms with van der Waals surface area (Å²) in [5, 5.41) is 5.42. The molecule has 0 saturated carbocycles. The van der Waals surface area contributed by atoms with Crippen LogP contribution in [0.15, 0.2) is 46.9 Å². The average Bonchev–Trinajstić information content (AvgIpc) is 2.69. The van der Waals surface area contributed by atoms with Crippen LogP contribution in [0.5, 0.6) is 5.75 Å². The molecule has 29 heavy (non-hydrogen) atoms. The van der Waals surface area contributed by atoms with E-state index in [-0.39, 0.29) is 24.4 Å². The summed E-state index contributed by atoms with van der Waals surface area (Å²) < 4.78 is 19.4. The first-order valence-corrected chi connectivity index (χ1v) is 10.0. The van der Waals surface area contributed by atoms with E-state index in [1.54, 1.807) is 0 Å². The number of nitrogens with zero attached hydrogens (tertiary/aromatic N) is 1. The lowest BCUT2D eigenvalue weighted by Gasteiger charge is -2.11. The average molecular weight is 466 g/mol. The number of rotatable bonds is 10. The Morgan fingerprint density at radius 1 is 1.10 bits per heavy atom. The quantitative estimate of drug-likeness (QED) is 0.565. The van der Waals surface area contributed by atoms with Crippen molar-refractivity contribution in [2.45, 2.75) is 13.0 Å². The van der Waals surface area contributed by atoms with Gasteiger partial charge in [-0.2, -0.15) is 0 Å². The first-order valence-electron chi connectivity index (χ1n) is 9.21. The lowest BCUT2D eigenvalue weighted by Crippen LogP contribution is -2.30. The summed E-state index contributed by atoms with van der Waals surface area (Å²) in [6.45, 7) is 2.00. The number of likely N-dealkylation sites (N-methyl/N-ethyl adjacent to an activating group) is 1. The molecule has 0 atom stereocenters. The van der Waals surface area contributed by atoms with Gasteiger partial charge in [0.15, 0.2) is 0 Å². The van der Waals surface area contributed by atoms with Gasteiger partial charge in [-0.3, -0.25) is 9.59 Å². The van der Waals surface area contributed by atoms with Gasteiger partial charge in [-0.05, 0) is 65.9 Å². The van der Waals surface area contributed by atoms with Crippen LogP contribution in [0, 0.1) is 5.82 Å². The molecule has 2 amide bonds. The molecule has 0 aliphatic heterocycles. The lowest BCUT2D eigenvalue weighted by atomic mass is 10.2. The second kappa shape index (κ2) is 11.5. The number of nitrogens with one attached hydrogen (secondary N) is 2. The summed E-state index contributed by atoms with van der Waals surface area (Å²) >= 11 is 3.21. The number of hydrogen-bond acceptors (Lipinski definition) is 4. The van der Waals surface area contributed by atoms with Crippen molar-refractivity contribution in [3.8, 4) is 5.75 Å². The van der Waals surface area contributed by atoms with E-state index < -0.39 is 11.7 Å². The molecule has 0 unspecified atom stereocenters. The number of carbonyl (C=O) groups excluding carboxylic acids is 2. The van der Waals surface area contributed by atoms with Crippen molar-refractivity contribution in [1.82, 2.24) is 15.5 Å². The summed E-state index contributed by atoms with van der Waals surface area (Å²) in [4.78, 5) is 26.1. The first kappa shape index (κ1) is 22.8. The highest BCUT2D eigenvalue weighted by Gasteiger charge is 2.11. The fourth-order valence-electron chi connectivity index (χ4n) is 2.39. The van der Waals surface area contributed by atoms with E-state index in [4.69, 9.17) is 4.74 Å². The van der Waals surface area contributed by atoms with E-state index in [0.29, 0.717) is 17.6 Å². The van der Waals surface area contributed by atoms with E-state index in [9.17, 15) is 14.0 Å². The Balaban J connectivity index is 1.69. The van der Waals surface area contributed by atoms with Crippen molar-refractivity contribution in [1.29, 1.82) is 0 Å². The molecule has 2 rings (SSSR count). The van der Waals surface area contributed by atoms with E-state index >= 15 is 0 Å². The zero-order valence-electron chi connectivity index (χ0n) is 16.5. The van der Waals surface area contributed by atoms with Crippen molar-refractivity contribution < 1.29 is 18.7 Å². The van der Waals surface area contributed by atoms with Crippen LogP contribution in [-0.4, -0.2) is 50.5 Å². The Kier molecular flexibility index (Phi) is 9.08. The van der Waals surface area contributed by atoms with Crippen LogP contribution in [-0.2, 0) is 11.3 Å². The van der Waals surface area contributed by atoms with Crippen LogP contribution in [0.1, 0.15) is 22.3 Å². The molecule has 0 aliphatic carbocycles. The smallest absolute Gasteiger partial charge is 0.252 e. The largest absolute Gasteiger partial charge is 0.492 e. The molecule has 0 aromatic heterocycles. The summed E-state index contributed by atoms with van der Waals surface area (Å²) in [7, 11) is 3.97. The van der Waals surface area contributed by atoms with Crippen molar-refractivity contribution in [3.63, 3.8) is 0 Å². The third-order valence-electron chi connectivity index (χ3n) is 4.03. The summed E-state index contributed by atoms with van der Waals surface area (Å²) in [5.41, 5.74) is 1.14. The van der Waals surface area contributed by atoms with Crippen molar-refractivity contribution >= 4 is 27.7 Å². The van der Waals surface area contributed by atoms with E-state index in [1.807, 2.05) is 43.3 Å². The third kappa shape index (κ3) is 8.21.